The van der Waals surface area contributed by atoms with Crippen molar-refractivity contribution in [2.45, 2.75) is 56.5 Å². The van der Waals surface area contributed by atoms with Gasteiger partial charge in [0.1, 0.15) is 0 Å². The van der Waals surface area contributed by atoms with Crippen molar-refractivity contribution in [3.8, 4) is 0 Å². The standard InChI is InChI=1S/C18H30N2O3/c19-9-11-20(16-12-15(21)13-17(22)18(16)23)10-5-4-8-14-6-2-1-3-7-14/h1-3,6-7,15-18,21-23H,4-5,8-13,19H2/t15-,16+,17+,18-/m0/s1. The third kappa shape index (κ3) is 5.55. The number of benzene rings is 1. The number of aliphatic hydroxyl groups is 3. The summed E-state index contributed by atoms with van der Waals surface area (Å²) in [6, 6.07) is 10.2. The van der Waals surface area contributed by atoms with E-state index in [2.05, 4.69) is 29.2 Å². The molecule has 1 aromatic rings. The van der Waals surface area contributed by atoms with E-state index in [4.69, 9.17) is 5.73 Å². The monoisotopic (exact) mass is 322 g/mol. The van der Waals surface area contributed by atoms with E-state index in [1.807, 2.05) is 6.07 Å². The average molecular weight is 322 g/mol. The van der Waals surface area contributed by atoms with Crippen LogP contribution in [0.1, 0.15) is 31.2 Å². The van der Waals surface area contributed by atoms with E-state index in [1.54, 1.807) is 0 Å². The van der Waals surface area contributed by atoms with Gasteiger partial charge in [-0.2, -0.15) is 0 Å². The zero-order valence-corrected chi connectivity index (χ0v) is 13.7. The van der Waals surface area contributed by atoms with Crippen LogP contribution in [0.4, 0.5) is 0 Å². The summed E-state index contributed by atoms with van der Waals surface area (Å²) in [5.41, 5.74) is 7.03. The minimum Gasteiger partial charge on any atom is -0.393 e. The Morgan fingerprint density at radius 1 is 1.00 bits per heavy atom. The van der Waals surface area contributed by atoms with Crippen LogP contribution in [-0.2, 0) is 6.42 Å². The Kier molecular flexibility index (Phi) is 7.46. The van der Waals surface area contributed by atoms with Gasteiger partial charge in [-0.05, 0) is 37.8 Å². The molecule has 130 valence electrons. The maximum Gasteiger partial charge on any atom is 0.0955 e. The lowest BCUT2D eigenvalue weighted by molar-refractivity contribution is -0.0979. The Hall–Kier alpha value is -0.980. The second-order valence-electron chi connectivity index (χ2n) is 6.52. The van der Waals surface area contributed by atoms with Gasteiger partial charge in [0.15, 0.2) is 0 Å². The number of nitrogens with two attached hydrogens (primary N) is 1. The van der Waals surface area contributed by atoms with E-state index in [0.29, 0.717) is 19.5 Å². The highest BCUT2D eigenvalue weighted by Crippen LogP contribution is 2.24. The molecular weight excluding hydrogens is 292 g/mol. The van der Waals surface area contributed by atoms with Gasteiger partial charge in [0.05, 0.1) is 18.3 Å². The van der Waals surface area contributed by atoms with E-state index in [9.17, 15) is 15.3 Å². The van der Waals surface area contributed by atoms with Crippen molar-refractivity contribution in [3.05, 3.63) is 35.9 Å². The van der Waals surface area contributed by atoms with Crippen LogP contribution >= 0.6 is 0 Å². The van der Waals surface area contributed by atoms with E-state index >= 15 is 0 Å². The molecule has 0 radical (unpaired) electrons. The third-order valence-corrected chi connectivity index (χ3v) is 4.70. The molecule has 1 aliphatic rings. The molecule has 0 bridgehead atoms. The first-order chi connectivity index (χ1) is 11.1. The highest BCUT2D eigenvalue weighted by molar-refractivity contribution is 5.14. The fourth-order valence-electron chi connectivity index (χ4n) is 3.45. The number of unbranched alkanes of at least 4 members (excludes halogenated alkanes) is 1. The molecule has 23 heavy (non-hydrogen) atoms. The Morgan fingerprint density at radius 3 is 2.43 bits per heavy atom. The summed E-state index contributed by atoms with van der Waals surface area (Å²) in [6.07, 6.45) is 1.65. The zero-order valence-electron chi connectivity index (χ0n) is 13.7. The highest BCUT2D eigenvalue weighted by Gasteiger charge is 2.37. The van der Waals surface area contributed by atoms with Crippen LogP contribution in [0.3, 0.4) is 0 Å². The number of aryl methyl sites for hydroxylation is 1. The molecule has 4 atom stereocenters. The smallest absolute Gasteiger partial charge is 0.0955 e. The van der Waals surface area contributed by atoms with Crippen LogP contribution in [0.25, 0.3) is 0 Å². The van der Waals surface area contributed by atoms with E-state index in [1.165, 1.54) is 5.56 Å². The molecule has 0 amide bonds. The molecule has 1 saturated carbocycles. The van der Waals surface area contributed by atoms with Crippen LogP contribution in [0, 0.1) is 0 Å². The van der Waals surface area contributed by atoms with Crippen molar-refractivity contribution in [1.82, 2.24) is 4.90 Å². The predicted molar refractivity (Wildman–Crippen MR) is 91.0 cm³/mol. The lowest BCUT2D eigenvalue weighted by Crippen LogP contribution is -2.55. The van der Waals surface area contributed by atoms with E-state index in [-0.39, 0.29) is 12.5 Å². The van der Waals surface area contributed by atoms with Crippen LogP contribution in [0.5, 0.6) is 0 Å². The molecule has 1 aliphatic carbocycles. The maximum absolute atomic E-state index is 10.2. The molecule has 5 heteroatoms. The predicted octanol–water partition coefficient (Wildman–Crippen LogP) is 0.515. The number of hydrogen-bond acceptors (Lipinski definition) is 5. The van der Waals surface area contributed by atoms with Gasteiger partial charge in [0.25, 0.3) is 0 Å². The quantitative estimate of drug-likeness (QED) is 0.524. The van der Waals surface area contributed by atoms with Crippen molar-refractivity contribution < 1.29 is 15.3 Å². The van der Waals surface area contributed by atoms with Gasteiger partial charge in [-0.15, -0.1) is 0 Å². The average Bonchev–Trinajstić information content (AvgIpc) is 2.55. The van der Waals surface area contributed by atoms with Crippen molar-refractivity contribution in [3.63, 3.8) is 0 Å². The van der Waals surface area contributed by atoms with Gasteiger partial charge in [-0.25, -0.2) is 0 Å². The van der Waals surface area contributed by atoms with E-state index in [0.717, 1.165) is 25.8 Å². The first-order valence-electron chi connectivity index (χ1n) is 8.64. The van der Waals surface area contributed by atoms with Crippen molar-refractivity contribution >= 4 is 0 Å². The van der Waals surface area contributed by atoms with Gasteiger partial charge in [-0.1, -0.05) is 30.3 Å². The highest BCUT2D eigenvalue weighted by atomic mass is 16.3. The number of hydrogen-bond donors (Lipinski definition) is 4. The van der Waals surface area contributed by atoms with E-state index < -0.39 is 18.3 Å². The van der Waals surface area contributed by atoms with Crippen molar-refractivity contribution in [2.24, 2.45) is 5.73 Å². The Bertz CT molecular complexity index is 443. The second kappa shape index (κ2) is 9.35. The Morgan fingerprint density at radius 2 is 1.74 bits per heavy atom. The van der Waals surface area contributed by atoms with Gasteiger partial charge < -0.3 is 21.1 Å². The molecule has 0 unspecified atom stereocenters. The third-order valence-electron chi connectivity index (χ3n) is 4.70. The van der Waals surface area contributed by atoms with Crippen molar-refractivity contribution in [2.75, 3.05) is 19.6 Å². The van der Waals surface area contributed by atoms with Crippen LogP contribution in [0.2, 0.25) is 0 Å². The summed E-state index contributed by atoms with van der Waals surface area (Å²) in [7, 11) is 0. The summed E-state index contributed by atoms with van der Waals surface area (Å²) in [5.74, 6) is 0. The van der Waals surface area contributed by atoms with Crippen LogP contribution in [0.15, 0.2) is 30.3 Å². The zero-order chi connectivity index (χ0) is 16.7. The summed E-state index contributed by atoms with van der Waals surface area (Å²) in [5, 5.41) is 30.0. The lowest BCUT2D eigenvalue weighted by atomic mass is 9.86. The molecule has 0 aliphatic heterocycles. The fraction of sp³-hybridized carbons (Fsp3) is 0.667. The fourth-order valence-corrected chi connectivity index (χ4v) is 3.45. The summed E-state index contributed by atoms with van der Waals surface area (Å²) in [4.78, 5) is 2.13. The molecule has 0 spiro atoms. The molecular formula is C18H30N2O3. The molecule has 5 N–H and O–H groups in total. The minimum atomic E-state index is -0.853. The SMILES string of the molecule is NCCN(CCCCc1ccccc1)[C@@H]1C[C@H](O)C[C@@H](O)[C@H]1O. The molecule has 1 aromatic carbocycles. The minimum absolute atomic E-state index is 0.214. The number of aliphatic hydroxyl groups excluding tert-OH is 3. The second-order valence-corrected chi connectivity index (χ2v) is 6.52. The topological polar surface area (TPSA) is 90.0 Å². The molecule has 2 rings (SSSR count). The largest absolute Gasteiger partial charge is 0.393 e. The first kappa shape index (κ1) is 18.4. The van der Waals surface area contributed by atoms with Crippen molar-refractivity contribution in [1.29, 1.82) is 0 Å². The number of rotatable bonds is 8. The number of nitrogens with zero attached hydrogens (tertiary/aromatic N) is 1. The van der Waals surface area contributed by atoms with Crippen LogP contribution < -0.4 is 5.73 Å². The lowest BCUT2D eigenvalue weighted by Gasteiger charge is -2.41. The Labute approximate surface area is 138 Å². The van der Waals surface area contributed by atoms with Crippen LogP contribution in [-0.4, -0.2) is 64.2 Å². The maximum atomic E-state index is 10.2. The molecule has 1 fully saturated rings. The first-order valence-corrected chi connectivity index (χ1v) is 8.64. The molecule has 0 aromatic heterocycles. The molecule has 0 heterocycles. The van der Waals surface area contributed by atoms with Gasteiger partial charge in [-0.3, -0.25) is 4.90 Å². The van der Waals surface area contributed by atoms with Gasteiger partial charge in [0, 0.05) is 25.6 Å². The summed E-state index contributed by atoms with van der Waals surface area (Å²) >= 11 is 0. The molecule has 5 nitrogen and oxygen atoms in total. The van der Waals surface area contributed by atoms with Gasteiger partial charge >= 0.3 is 0 Å². The summed E-state index contributed by atoms with van der Waals surface area (Å²) in [6.45, 7) is 2.01. The Balaban J connectivity index is 1.83. The summed E-state index contributed by atoms with van der Waals surface area (Å²) < 4.78 is 0. The molecule has 0 saturated heterocycles. The normalized spacial score (nSPS) is 28.2. The van der Waals surface area contributed by atoms with Gasteiger partial charge in [0.2, 0.25) is 0 Å².